The van der Waals surface area contributed by atoms with Crippen LogP contribution in [0.5, 0.6) is 17.2 Å². The normalized spacial score (nSPS) is 11.8. The minimum Gasteiger partial charge on any atom is -0.490 e. The highest BCUT2D eigenvalue weighted by molar-refractivity contribution is 5.64. The molecule has 0 aromatic heterocycles. The number of hydrogen-bond donors (Lipinski definition) is 0. The molecule has 2 rings (SSSR count). The number of allylic oxidation sites excluding steroid dienone is 3. The van der Waals surface area contributed by atoms with Crippen LogP contribution in [-0.2, 0) is 0 Å². The summed E-state index contributed by atoms with van der Waals surface area (Å²) in [6.07, 6.45) is 7.32. The number of hydrogen-bond acceptors (Lipinski definition) is 2. The SMILES string of the molecule is C/C=C/c1ccc(OCC)c(Oc2ccc(/C(C)=C/CC)cc2)c1. The fourth-order valence-corrected chi connectivity index (χ4v) is 2.51. The van der Waals surface area contributed by atoms with Gasteiger partial charge in [-0.25, -0.2) is 0 Å². The summed E-state index contributed by atoms with van der Waals surface area (Å²) in [5.41, 5.74) is 3.60. The highest BCUT2D eigenvalue weighted by atomic mass is 16.5. The summed E-state index contributed by atoms with van der Waals surface area (Å²) in [5.74, 6) is 2.31. The van der Waals surface area contributed by atoms with E-state index in [4.69, 9.17) is 9.47 Å². The lowest BCUT2D eigenvalue weighted by Crippen LogP contribution is -1.95. The first kappa shape index (κ1) is 17.9. The number of rotatable bonds is 7. The maximum atomic E-state index is 6.07. The molecule has 126 valence electrons. The van der Waals surface area contributed by atoms with Crippen molar-refractivity contribution < 1.29 is 9.47 Å². The topological polar surface area (TPSA) is 18.5 Å². The molecule has 0 heterocycles. The first-order valence-electron chi connectivity index (χ1n) is 8.52. The van der Waals surface area contributed by atoms with Crippen molar-refractivity contribution >= 4 is 11.6 Å². The summed E-state index contributed by atoms with van der Waals surface area (Å²) >= 11 is 0. The van der Waals surface area contributed by atoms with Gasteiger partial charge in [-0.2, -0.15) is 0 Å². The summed E-state index contributed by atoms with van der Waals surface area (Å²) in [5, 5.41) is 0. The van der Waals surface area contributed by atoms with Crippen LogP contribution in [0.4, 0.5) is 0 Å². The lowest BCUT2D eigenvalue weighted by molar-refractivity contribution is 0.321. The van der Waals surface area contributed by atoms with Crippen LogP contribution in [0.25, 0.3) is 11.6 Å². The van der Waals surface area contributed by atoms with Gasteiger partial charge in [-0.15, -0.1) is 0 Å². The summed E-state index contributed by atoms with van der Waals surface area (Å²) in [6, 6.07) is 14.2. The average molecular weight is 322 g/mol. The third-order valence-electron chi connectivity index (χ3n) is 3.67. The van der Waals surface area contributed by atoms with Gasteiger partial charge >= 0.3 is 0 Å². The van der Waals surface area contributed by atoms with Gasteiger partial charge in [-0.05, 0) is 68.2 Å². The van der Waals surface area contributed by atoms with Crippen molar-refractivity contribution in [2.24, 2.45) is 0 Å². The van der Waals surface area contributed by atoms with Crippen molar-refractivity contribution in [2.45, 2.75) is 34.1 Å². The van der Waals surface area contributed by atoms with Crippen LogP contribution >= 0.6 is 0 Å². The van der Waals surface area contributed by atoms with Crippen LogP contribution in [-0.4, -0.2) is 6.61 Å². The van der Waals surface area contributed by atoms with Crippen molar-refractivity contribution in [1.29, 1.82) is 0 Å². The Morgan fingerprint density at radius 2 is 1.75 bits per heavy atom. The molecule has 0 spiro atoms. The molecule has 2 heteroatoms. The van der Waals surface area contributed by atoms with Gasteiger partial charge in [0.25, 0.3) is 0 Å². The van der Waals surface area contributed by atoms with E-state index >= 15 is 0 Å². The van der Waals surface area contributed by atoms with Crippen LogP contribution in [0.3, 0.4) is 0 Å². The largest absolute Gasteiger partial charge is 0.490 e. The summed E-state index contributed by atoms with van der Waals surface area (Å²) in [7, 11) is 0. The zero-order chi connectivity index (χ0) is 17.4. The highest BCUT2D eigenvalue weighted by Gasteiger charge is 2.07. The monoisotopic (exact) mass is 322 g/mol. The molecule has 0 saturated heterocycles. The molecule has 0 bridgehead atoms. The molecular weight excluding hydrogens is 296 g/mol. The van der Waals surface area contributed by atoms with Crippen LogP contribution in [0.1, 0.15) is 45.2 Å². The fraction of sp³-hybridized carbons (Fsp3) is 0.273. The minimum absolute atomic E-state index is 0.610. The van der Waals surface area contributed by atoms with E-state index in [1.165, 1.54) is 11.1 Å². The molecule has 0 aliphatic heterocycles. The van der Waals surface area contributed by atoms with Gasteiger partial charge in [0.2, 0.25) is 0 Å². The van der Waals surface area contributed by atoms with Crippen molar-refractivity contribution in [2.75, 3.05) is 6.61 Å². The molecule has 0 radical (unpaired) electrons. The van der Waals surface area contributed by atoms with Crippen LogP contribution in [0, 0.1) is 0 Å². The standard InChI is InChI=1S/C22H26O2/c1-5-8-17(4)19-11-13-20(14-12-19)24-22-16-18(9-6-2)10-15-21(22)23-7-3/h6,8-16H,5,7H2,1-4H3/b9-6+,17-8+. The molecule has 0 unspecified atom stereocenters. The first-order chi connectivity index (χ1) is 11.7. The Morgan fingerprint density at radius 1 is 1.00 bits per heavy atom. The van der Waals surface area contributed by atoms with Crippen LogP contribution < -0.4 is 9.47 Å². The maximum Gasteiger partial charge on any atom is 0.169 e. The predicted octanol–water partition coefficient (Wildman–Crippen LogP) is 6.72. The fourth-order valence-electron chi connectivity index (χ4n) is 2.51. The van der Waals surface area contributed by atoms with Gasteiger partial charge in [0.15, 0.2) is 11.5 Å². The maximum absolute atomic E-state index is 6.07. The van der Waals surface area contributed by atoms with E-state index in [9.17, 15) is 0 Å². The zero-order valence-corrected chi connectivity index (χ0v) is 15.0. The Bertz CT molecular complexity index is 709. The van der Waals surface area contributed by atoms with Crippen LogP contribution in [0.2, 0.25) is 0 Å². The molecule has 0 saturated carbocycles. The average Bonchev–Trinajstić information content (AvgIpc) is 2.58. The Hall–Kier alpha value is -2.48. The van der Waals surface area contributed by atoms with E-state index in [0.717, 1.165) is 29.2 Å². The molecular formula is C22H26O2. The van der Waals surface area contributed by atoms with E-state index in [0.29, 0.717) is 6.61 Å². The molecule has 0 atom stereocenters. The van der Waals surface area contributed by atoms with Crippen LogP contribution in [0.15, 0.2) is 54.6 Å². The molecule has 0 amide bonds. The van der Waals surface area contributed by atoms with Gasteiger partial charge in [0, 0.05) is 0 Å². The second-order valence-electron chi connectivity index (χ2n) is 5.56. The van der Waals surface area contributed by atoms with Crippen molar-refractivity contribution in [3.8, 4) is 17.2 Å². The van der Waals surface area contributed by atoms with Gasteiger partial charge in [0.1, 0.15) is 5.75 Å². The lowest BCUT2D eigenvalue weighted by atomic mass is 10.1. The molecule has 0 fully saturated rings. The summed E-state index contributed by atoms with van der Waals surface area (Å²) < 4.78 is 11.7. The minimum atomic E-state index is 0.610. The summed E-state index contributed by atoms with van der Waals surface area (Å²) in [6.45, 7) is 8.86. The molecule has 0 aliphatic rings. The number of ether oxygens (including phenoxy) is 2. The van der Waals surface area contributed by atoms with Gasteiger partial charge in [-0.1, -0.05) is 43.4 Å². The molecule has 0 aliphatic carbocycles. The molecule has 24 heavy (non-hydrogen) atoms. The third kappa shape index (κ3) is 4.76. The second-order valence-corrected chi connectivity index (χ2v) is 5.56. The quantitative estimate of drug-likeness (QED) is 0.563. The van der Waals surface area contributed by atoms with E-state index in [2.05, 4.69) is 32.1 Å². The van der Waals surface area contributed by atoms with E-state index in [1.807, 2.05) is 56.3 Å². The molecule has 2 aromatic rings. The highest BCUT2D eigenvalue weighted by Crippen LogP contribution is 2.33. The van der Waals surface area contributed by atoms with Crippen molar-refractivity contribution in [1.82, 2.24) is 0 Å². The van der Waals surface area contributed by atoms with Gasteiger partial charge < -0.3 is 9.47 Å². The Morgan fingerprint density at radius 3 is 2.38 bits per heavy atom. The van der Waals surface area contributed by atoms with Crippen molar-refractivity contribution in [3.63, 3.8) is 0 Å². The smallest absolute Gasteiger partial charge is 0.169 e. The van der Waals surface area contributed by atoms with E-state index < -0.39 is 0 Å². The first-order valence-corrected chi connectivity index (χ1v) is 8.52. The second kappa shape index (κ2) is 8.97. The van der Waals surface area contributed by atoms with Crippen molar-refractivity contribution in [3.05, 3.63) is 65.7 Å². The van der Waals surface area contributed by atoms with Gasteiger partial charge in [0.05, 0.1) is 6.61 Å². The summed E-state index contributed by atoms with van der Waals surface area (Å²) in [4.78, 5) is 0. The zero-order valence-electron chi connectivity index (χ0n) is 15.0. The molecule has 2 nitrogen and oxygen atoms in total. The Balaban J connectivity index is 2.25. The Kier molecular flexibility index (Phi) is 6.68. The predicted molar refractivity (Wildman–Crippen MR) is 103 cm³/mol. The van der Waals surface area contributed by atoms with Gasteiger partial charge in [-0.3, -0.25) is 0 Å². The number of benzene rings is 2. The molecule has 0 N–H and O–H groups in total. The van der Waals surface area contributed by atoms with E-state index in [-0.39, 0.29) is 0 Å². The third-order valence-corrected chi connectivity index (χ3v) is 3.67. The lowest BCUT2D eigenvalue weighted by Gasteiger charge is -2.13. The Labute approximate surface area is 145 Å². The molecule has 2 aromatic carbocycles. The van der Waals surface area contributed by atoms with E-state index in [1.54, 1.807) is 0 Å².